The fourth-order valence-electron chi connectivity index (χ4n) is 1.89. The van der Waals surface area contributed by atoms with Crippen molar-refractivity contribution in [1.82, 2.24) is 4.98 Å². The van der Waals surface area contributed by atoms with Gasteiger partial charge in [0.25, 0.3) is 0 Å². The van der Waals surface area contributed by atoms with Crippen LogP contribution < -0.4 is 5.32 Å². The molecule has 1 unspecified atom stereocenters. The smallest absolute Gasteiger partial charge is 0.308 e. The van der Waals surface area contributed by atoms with Gasteiger partial charge in [0.15, 0.2) is 0 Å². The molecule has 0 radical (unpaired) electrons. The van der Waals surface area contributed by atoms with Gasteiger partial charge in [-0.15, -0.1) is 0 Å². The van der Waals surface area contributed by atoms with Crippen LogP contribution >= 0.6 is 0 Å². The Labute approximate surface area is 113 Å². The third-order valence-electron chi connectivity index (χ3n) is 2.72. The van der Waals surface area contributed by atoms with Crippen molar-refractivity contribution in [3.05, 3.63) is 23.4 Å². The Morgan fingerprint density at radius 3 is 2.74 bits per heavy atom. The van der Waals surface area contributed by atoms with Gasteiger partial charge in [-0.3, -0.25) is 4.79 Å². The Balaban J connectivity index is 2.71. The summed E-state index contributed by atoms with van der Waals surface area (Å²) in [6, 6.07) is 5.37. The lowest BCUT2D eigenvalue weighted by atomic mass is 9.97. The second-order valence-electron chi connectivity index (χ2n) is 5.04. The highest BCUT2D eigenvalue weighted by atomic mass is 16.4. The Morgan fingerprint density at radius 2 is 2.21 bits per heavy atom. The average molecular weight is 261 g/mol. The number of aliphatic carboxylic acids is 1. The lowest BCUT2D eigenvalue weighted by Crippen LogP contribution is -2.24. The van der Waals surface area contributed by atoms with E-state index in [-0.39, 0.29) is 0 Å². The zero-order chi connectivity index (χ0) is 14.4. The summed E-state index contributed by atoms with van der Waals surface area (Å²) in [6.45, 7) is 6.10. The maximum atomic E-state index is 11.1. The fourth-order valence-corrected chi connectivity index (χ4v) is 1.89. The molecule has 0 spiro atoms. The van der Waals surface area contributed by atoms with Crippen LogP contribution in [0.3, 0.4) is 0 Å². The molecule has 1 aromatic rings. The molecule has 19 heavy (non-hydrogen) atoms. The van der Waals surface area contributed by atoms with Gasteiger partial charge in [-0.25, -0.2) is 4.98 Å². The van der Waals surface area contributed by atoms with Crippen LogP contribution in [0.25, 0.3) is 0 Å². The van der Waals surface area contributed by atoms with Crippen molar-refractivity contribution >= 4 is 11.8 Å². The summed E-state index contributed by atoms with van der Waals surface area (Å²) in [7, 11) is 0. The highest BCUT2D eigenvalue weighted by Crippen LogP contribution is 2.14. The molecule has 1 heterocycles. The second kappa shape index (κ2) is 6.74. The van der Waals surface area contributed by atoms with Crippen molar-refractivity contribution < 1.29 is 9.90 Å². The molecule has 0 aliphatic heterocycles. The number of carboxylic acid groups (broad SMARTS) is 1. The number of hydrogen-bond donors (Lipinski definition) is 2. The van der Waals surface area contributed by atoms with Gasteiger partial charge in [0.1, 0.15) is 5.82 Å². The summed E-state index contributed by atoms with van der Waals surface area (Å²) in [5, 5.41) is 21.0. The molecule has 0 aliphatic rings. The summed E-state index contributed by atoms with van der Waals surface area (Å²) in [6.07, 6.45) is 0.610. The van der Waals surface area contributed by atoms with E-state index in [0.29, 0.717) is 30.3 Å². The van der Waals surface area contributed by atoms with E-state index < -0.39 is 11.9 Å². The lowest BCUT2D eigenvalue weighted by Gasteiger charge is -2.16. The van der Waals surface area contributed by atoms with Crippen molar-refractivity contribution in [3.63, 3.8) is 0 Å². The first kappa shape index (κ1) is 15.0. The van der Waals surface area contributed by atoms with Crippen LogP contribution in [0.5, 0.6) is 0 Å². The number of aryl methyl sites for hydroxylation is 1. The van der Waals surface area contributed by atoms with Gasteiger partial charge in [-0.2, -0.15) is 5.26 Å². The number of rotatable bonds is 6. The number of nitriles is 1. The van der Waals surface area contributed by atoms with Crippen molar-refractivity contribution in [2.45, 2.75) is 27.2 Å². The highest BCUT2D eigenvalue weighted by molar-refractivity contribution is 5.70. The quantitative estimate of drug-likeness (QED) is 0.821. The first-order valence-electron chi connectivity index (χ1n) is 6.27. The molecule has 1 aromatic heterocycles. The predicted octanol–water partition coefficient (Wildman–Crippen LogP) is 2.42. The fraction of sp³-hybridized carbons (Fsp3) is 0.500. The summed E-state index contributed by atoms with van der Waals surface area (Å²) < 4.78 is 0. The van der Waals surface area contributed by atoms with Crippen LogP contribution in [0.15, 0.2) is 12.1 Å². The molecule has 0 amide bonds. The molecule has 0 fully saturated rings. The summed E-state index contributed by atoms with van der Waals surface area (Å²) in [5.41, 5.74) is 1.25. The molecular weight excluding hydrogens is 242 g/mol. The molecule has 1 rings (SSSR count). The molecule has 2 N–H and O–H groups in total. The molecule has 0 aromatic carbocycles. The van der Waals surface area contributed by atoms with E-state index in [1.165, 1.54) is 0 Å². The molecule has 5 nitrogen and oxygen atoms in total. The lowest BCUT2D eigenvalue weighted by molar-refractivity contribution is -0.141. The number of carbonyl (C=O) groups is 1. The second-order valence-corrected chi connectivity index (χ2v) is 5.04. The van der Waals surface area contributed by atoms with Crippen molar-refractivity contribution in [1.29, 1.82) is 5.26 Å². The van der Waals surface area contributed by atoms with E-state index in [1.807, 2.05) is 13.8 Å². The average Bonchev–Trinajstić information content (AvgIpc) is 2.33. The monoisotopic (exact) mass is 261 g/mol. The summed E-state index contributed by atoms with van der Waals surface area (Å²) >= 11 is 0. The third kappa shape index (κ3) is 4.96. The van der Waals surface area contributed by atoms with E-state index in [0.717, 1.165) is 5.69 Å². The molecule has 0 bridgehead atoms. The topological polar surface area (TPSA) is 86.0 Å². The van der Waals surface area contributed by atoms with Crippen LogP contribution in [0, 0.1) is 30.1 Å². The number of hydrogen-bond acceptors (Lipinski definition) is 4. The van der Waals surface area contributed by atoms with Gasteiger partial charge in [0.2, 0.25) is 0 Å². The number of aromatic nitrogens is 1. The SMILES string of the molecule is Cc1cc(C#N)cc(NCC(CC(C)C)C(=O)O)n1. The van der Waals surface area contributed by atoms with E-state index in [4.69, 9.17) is 10.4 Å². The van der Waals surface area contributed by atoms with Crippen LogP contribution in [-0.4, -0.2) is 22.6 Å². The minimum atomic E-state index is -0.811. The maximum absolute atomic E-state index is 11.1. The number of nitrogens with zero attached hydrogens (tertiary/aromatic N) is 2. The molecule has 0 saturated carbocycles. The number of anilines is 1. The molecule has 5 heteroatoms. The molecule has 1 atom stereocenters. The maximum Gasteiger partial charge on any atom is 0.308 e. The molecule has 102 valence electrons. The predicted molar refractivity (Wildman–Crippen MR) is 72.8 cm³/mol. The van der Waals surface area contributed by atoms with Gasteiger partial charge in [0, 0.05) is 12.2 Å². The summed E-state index contributed by atoms with van der Waals surface area (Å²) in [4.78, 5) is 15.4. The van der Waals surface area contributed by atoms with Crippen molar-refractivity contribution in [3.8, 4) is 6.07 Å². The minimum Gasteiger partial charge on any atom is -0.481 e. The first-order valence-corrected chi connectivity index (χ1v) is 6.27. The van der Waals surface area contributed by atoms with Crippen molar-refractivity contribution in [2.24, 2.45) is 11.8 Å². The Hall–Kier alpha value is -2.09. The zero-order valence-corrected chi connectivity index (χ0v) is 11.5. The molecule has 0 aliphatic carbocycles. The number of pyridine rings is 1. The van der Waals surface area contributed by atoms with Crippen molar-refractivity contribution in [2.75, 3.05) is 11.9 Å². The van der Waals surface area contributed by atoms with Gasteiger partial charge in [0.05, 0.1) is 17.6 Å². The van der Waals surface area contributed by atoms with Crippen LogP contribution in [0.1, 0.15) is 31.5 Å². The largest absolute Gasteiger partial charge is 0.481 e. The molecule has 0 saturated heterocycles. The van der Waals surface area contributed by atoms with Gasteiger partial charge >= 0.3 is 5.97 Å². The van der Waals surface area contributed by atoms with Crippen LogP contribution in [0.4, 0.5) is 5.82 Å². The Morgan fingerprint density at radius 1 is 1.53 bits per heavy atom. The standard InChI is InChI=1S/C14H19N3O2/c1-9(2)4-12(14(18)19)8-16-13-6-11(7-15)5-10(3)17-13/h5-6,9,12H,4,8H2,1-3H3,(H,16,17)(H,18,19). The summed E-state index contributed by atoms with van der Waals surface area (Å²) in [5.74, 6) is -0.392. The van der Waals surface area contributed by atoms with E-state index in [2.05, 4.69) is 16.4 Å². The highest BCUT2D eigenvalue weighted by Gasteiger charge is 2.18. The molecular formula is C14H19N3O2. The van der Waals surface area contributed by atoms with Crippen LogP contribution in [-0.2, 0) is 4.79 Å². The van der Waals surface area contributed by atoms with E-state index in [9.17, 15) is 4.79 Å². The zero-order valence-electron chi connectivity index (χ0n) is 11.5. The van der Waals surface area contributed by atoms with E-state index >= 15 is 0 Å². The number of nitrogens with one attached hydrogen (secondary N) is 1. The Kier molecular flexibility index (Phi) is 5.31. The minimum absolute atomic E-state index is 0.314. The number of carboxylic acids is 1. The van der Waals surface area contributed by atoms with Crippen LogP contribution in [0.2, 0.25) is 0 Å². The van der Waals surface area contributed by atoms with Gasteiger partial charge in [-0.1, -0.05) is 13.8 Å². The Bertz CT molecular complexity index is 492. The van der Waals surface area contributed by atoms with Gasteiger partial charge < -0.3 is 10.4 Å². The third-order valence-corrected chi connectivity index (χ3v) is 2.72. The van der Waals surface area contributed by atoms with Gasteiger partial charge in [-0.05, 0) is 31.4 Å². The first-order chi connectivity index (χ1) is 8.92. The van der Waals surface area contributed by atoms with E-state index in [1.54, 1.807) is 19.1 Å². The normalized spacial score (nSPS) is 11.9.